The molecular formula is C31H51NO8. The molecule has 0 radical (unpaired) electrons. The molecule has 0 aromatic carbocycles. The fourth-order valence-electron chi connectivity index (χ4n) is 9.97. The van der Waals surface area contributed by atoms with Crippen LogP contribution in [0.4, 0.5) is 0 Å². The van der Waals surface area contributed by atoms with Crippen molar-refractivity contribution in [3.8, 4) is 0 Å². The highest BCUT2D eigenvalue weighted by Crippen LogP contribution is 2.71. The topological polar surface area (TPSA) is 160 Å². The third-order valence-corrected chi connectivity index (χ3v) is 12.6. The van der Waals surface area contributed by atoms with Gasteiger partial charge in [0, 0.05) is 36.7 Å². The molecule has 7 N–H and O–H groups in total. The molecular weight excluding hydrogens is 514 g/mol. The number of ether oxygens (including phenoxy) is 1. The molecule has 0 amide bonds. The minimum absolute atomic E-state index is 0.0183. The van der Waals surface area contributed by atoms with Gasteiger partial charge < -0.3 is 40.7 Å². The summed E-state index contributed by atoms with van der Waals surface area (Å²) in [6, 6.07) is 0. The van der Waals surface area contributed by atoms with Crippen LogP contribution < -0.4 is 5.32 Å². The van der Waals surface area contributed by atoms with Crippen molar-refractivity contribution in [2.45, 2.75) is 114 Å². The first-order chi connectivity index (χ1) is 18.7. The van der Waals surface area contributed by atoms with Gasteiger partial charge in [0.2, 0.25) is 0 Å². The molecule has 0 aromatic heterocycles. The van der Waals surface area contributed by atoms with Gasteiger partial charge in [-0.2, -0.15) is 0 Å². The molecule has 1 heterocycles. The predicted octanol–water partition coefficient (Wildman–Crippen LogP) is 0.924. The van der Waals surface area contributed by atoms with E-state index in [-0.39, 0.29) is 55.8 Å². The lowest BCUT2D eigenvalue weighted by molar-refractivity contribution is -0.183. The Bertz CT molecular complexity index is 1020. The van der Waals surface area contributed by atoms with E-state index >= 15 is 0 Å². The van der Waals surface area contributed by atoms with E-state index in [9.17, 15) is 35.4 Å². The van der Waals surface area contributed by atoms with E-state index in [1.54, 1.807) is 6.08 Å². The second-order valence-corrected chi connectivity index (χ2v) is 14.5. The highest BCUT2D eigenvalue weighted by atomic mass is 16.5. The van der Waals surface area contributed by atoms with Crippen LogP contribution in [-0.2, 0) is 9.53 Å². The minimum Gasteiger partial charge on any atom is -0.396 e. The number of aliphatic hydroxyl groups is 6. The summed E-state index contributed by atoms with van der Waals surface area (Å²) in [5.41, 5.74) is -3.76. The number of nitrogens with one attached hydrogen (secondary N) is 1. The van der Waals surface area contributed by atoms with Gasteiger partial charge in [0.1, 0.15) is 11.7 Å². The highest BCUT2D eigenvalue weighted by molar-refractivity contribution is 5.95. The van der Waals surface area contributed by atoms with Gasteiger partial charge in [0.05, 0.1) is 30.0 Å². The van der Waals surface area contributed by atoms with Crippen molar-refractivity contribution in [3.63, 3.8) is 0 Å². The van der Waals surface area contributed by atoms with Crippen LogP contribution in [-0.4, -0.2) is 98.3 Å². The van der Waals surface area contributed by atoms with Crippen molar-refractivity contribution < 1.29 is 40.2 Å². The van der Waals surface area contributed by atoms with Crippen molar-refractivity contribution in [2.75, 3.05) is 20.2 Å². The second kappa shape index (κ2) is 10.4. The van der Waals surface area contributed by atoms with Crippen LogP contribution in [0.15, 0.2) is 11.6 Å². The van der Waals surface area contributed by atoms with Gasteiger partial charge in [-0.05, 0) is 80.5 Å². The van der Waals surface area contributed by atoms with Gasteiger partial charge in [-0.15, -0.1) is 0 Å². The number of allylic oxidation sites excluding steroid dienone is 1. The average Bonchev–Trinajstić information content (AvgIpc) is 3.31. The van der Waals surface area contributed by atoms with Gasteiger partial charge in [-0.1, -0.05) is 27.7 Å². The lowest BCUT2D eigenvalue weighted by atomic mass is 9.45. The van der Waals surface area contributed by atoms with E-state index in [1.807, 2.05) is 27.8 Å². The van der Waals surface area contributed by atoms with Crippen molar-refractivity contribution in [2.24, 2.45) is 40.4 Å². The highest BCUT2D eigenvalue weighted by Gasteiger charge is 2.76. The van der Waals surface area contributed by atoms with Crippen molar-refractivity contribution in [1.82, 2.24) is 5.32 Å². The molecule has 228 valence electrons. The van der Waals surface area contributed by atoms with Gasteiger partial charge in [-0.3, -0.25) is 4.79 Å². The fourth-order valence-corrected chi connectivity index (χ4v) is 9.97. The first kappa shape index (κ1) is 30.5. The average molecular weight is 566 g/mol. The Morgan fingerprint density at radius 3 is 2.48 bits per heavy atom. The van der Waals surface area contributed by atoms with Gasteiger partial charge in [-0.25, -0.2) is 0 Å². The number of carbonyl (C=O) groups is 1. The normalized spacial score (nSPS) is 50.3. The van der Waals surface area contributed by atoms with Crippen molar-refractivity contribution >= 4 is 5.78 Å². The molecule has 9 heteroatoms. The molecule has 0 aromatic rings. The molecule has 4 aliphatic carbocycles. The van der Waals surface area contributed by atoms with Crippen LogP contribution in [0.2, 0.25) is 0 Å². The molecule has 40 heavy (non-hydrogen) atoms. The first-order valence-corrected chi connectivity index (χ1v) is 15.4. The zero-order chi connectivity index (χ0) is 29.4. The number of carbonyl (C=O) groups excluding carboxylic acids is 1. The molecule has 0 spiro atoms. The molecule has 1 saturated heterocycles. The number of hydrogen-bond acceptors (Lipinski definition) is 9. The molecule has 4 fully saturated rings. The molecule has 3 saturated carbocycles. The van der Waals surface area contributed by atoms with Crippen LogP contribution in [0, 0.1) is 40.4 Å². The number of rotatable bonds is 8. The van der Waals surface area contributed by atoms with Gasteiger partial charge in [0.15, 0.2) is 5.78 Å². The van der Waals surface area contributed by atoms with E-state index in [0.717, 1.165) is 13.0 Å². The smallest absolute Gasteiger partial charge is 0.159 e. The molecule has 0 bridgehead atoms. The summed E-state index contributed by atoms with van der Waals surface area (Å²) in [7, 11) is 1.89. The molecule has 9 nitrogen and oxygen atoms in total. The molecule has 1 aliphatic heterocycles. The van der Waals surface area contributed by atoms with Crippen LogP contribution in [0.3, 0.4) is 0 Å². The summed E-state index contributed by atoms with van der Waals surface area (Å²) >= 11 is 0. The lowest BCUT2D eigenvalue weighted by Gasteiger charge is -2.60. The van der Waals surface area contributed by atoms with Gasteiger partial charge >= 0.3 is 0 Å². The standard InChI is InChI=1S/C31H51NO8/c1-16(7-10-32-5)17(2)25(37)27-30(38,9-11-33)26-24(40-27)15-31(39)19-12-21(34)20-13-22(35)23(36)14-28(20,3)18(19)6-8-29(26,31)4/h12,16-18,20,22-27,32-33,35-39H,6-11,13-15H2,1-5H3/t16-,17+,18+,20+,22-,23+,24+,25+,26+,27+,28-,29-,30-,31-/m1/s1. The van der Waals surface area contributed by atoms with E-state index in [1.165, 1.54) is 0 Å². The summed E-state index contributed by atoms with van der Waals surface area (Å²) < 4.78 is 6.51. The van der Waals surface area contributed by atoms with E-state index in [4.69, 9.17) is 4.74 Å². The van der Waals surface area contributed by atoms with Crippen molar-refractivity contribution in [3.05, 3.63) is 11.6 Å². The third-order valence-electron chi connectivity index (χ3n) is 12.6. The maximum absolute atomic E-state index is 13.5. The number of ketones is 1. The van der Waals surface area contributed by atoms with E-state index in [2.05, 4.69) is 12.2 Å². The number of aliphatic hydroxyl groups excluding tert-OH is 4. The predicted molar refractivity (Wildman–Crippen MR) is 148 cm³/mol. The summed E-state index contributed by atoms with van der Waals surface area (Å²) in [5.74, 6) is -1.22. The maximum Gasteiger partial charge on any atom is 0.159 e. The van der Waals surface area contributed by atoms with E-state index < -0.39 is 64.4 Å². The SMILES string of the molecule is CNCC[C@@H](C)[C@H](C)[C@H](O)[C@@H]1O[C@H]2C[C@@]3(O)C4=CC(=O)[C@@H]5C[C@@H](O)[C@@H](O)C[C@]5(C)[C@H]4CC[C@]3(C)[C@H]2[C@]1(O)CCO. The Kier molecular flexibility index (Phi) is 7.92. The van der Waals surface area contributed by atoms with Crippen molar-refractivity contribution in [1.29, 1.82) is 0 Å². The van der Waals surface area contributed by atoms with Crippen LogP contribution in [0.5, 0.6) is 0 Å². The number of hydrogen-bond donors (Lipinski definition) is 7. The van der Waals surface area contributed by atoms with Crippen LogP contribution in [0.25, 0.3) is 0 Å². The Morgan fingerprint density at radius 1 is 1.12 bits per heavy atom. The summed E-state index contributed by atoms with van der Waals surface area (Å²) in [5, 5.41) is 70.6. The largest absolute Gasteiger partial charge is 0.396 e. The Labute approximate surface area is 238 Å². The monoisotopic (exact) mass is 565 g/mol. The zero-order valence-electron chi connectivity index (χ0n) is 24.7. The third kappa shape index (κ3) is 4.13. The molecule has 0 unspecified atom stereocenters. The Morgan fingerprint density at radius 2 is 1.82 bits per heavy atom. The Balaban J connectivity index is 1.49. The maximum atomic E-state index is 13.5. The zero-order valence-corrected chi connectivity index (χ0v) is 24.7. The minimum atomic E-state index is -1.56. The van der Waals surface area contributed by atoms with Gasteiger partial charge in [0.25, 0.3) is 0 Å². The molecule has 5 rings (SSSR count). The second-order valence-electron chi connectivity index (χ2n) is 14.5. The quantitative estimate of drug-likeness (QED) is 0.227. The van der Waals surface area contributed by atoms with E-state index in [0.29, 0.717) is 18.4 Å². The lowest BCUT2D eigenvalue weighted by Crippen LogP contribution is -2.63. The molecule has 14 atom stereocenters. The Hall–Kier alpha value is -0.910. The van der Waals surface area contributed by atoms with Crippen LogP contribution in [0.1, 0.15) is 72.6 Å². The summed E-state index contributed by atoms with van der Waals surface area (Å²) in [6.45, 7) is 8.55. The first-order valence-electron chi connectivity index (χ1n) is 15.4. The fraction of sp³-hybridized carbons (Fsp3) is 0.903. The molecule has 5 aliphatic rings. The summed E-state index contributed by atoms with van der Waals surface area (Å²) in [6.07, 6.45) is 0.120. The van der Waals surface area contributed by atoms with Crippen LogP contribution >= 0.6 is 0 Å². The summed E-state index contributed by atoms with van der Waals surface area (Å²) in [4.78, 5) is 13.5. The number of fused-ring (bicyclic) bond motifs is 7.